The van der Waals surface area contributed by atoms with E-state index < -0.39 is 0 Å². The topological polar surface area (TPSA) is 81.2 Å². The molecule has 0 aliphatic carbocycles. The summed E-state index contributed by atoms with van der Waals surface area (Å²) in [7, 11) is 0. The number of carbonyl (C=O) groups excluding carboxylic acids is 1. The highest BCUT2D eigenvalue weighted by Crippen LogP contribution is 2.22. The van der Waals surface area contributed by atoms with Gasteiger partial charge in [0.15, 0.2) is 0 Å². The Kier molecular flexibility index (Phi) is 3.22. The van der Waals surface area contributed by atoms with Crippen molar-refractivity contribution < 1.29 is 13.6 Å². The van der Waals surface area contributed by atoms with E-state index in [1.807, 2.05) is 0 Å². The number of carbonyl (C=O) groups is 1. The van der Waals surface area contributed by atoms with Crippen molar-refractivity contribution in [3.63, 3.8) is 0 Å². The highest BCUT2D eigenvalue weighted by atomic mass is 35.5. The van der Waals surface area contributed by atoms with Crippen molar-refractivity contribution in [3.8, 4) is 11.5 Å². The van der Waals surface area contributed by atoms with Gasteiger partial charge in [0.25, 0.3) is 5.91 Å². The number of aromatic nitrogens is 2. The average molecular weight is 290 g/mol. The van der Waals surface area contributed by atoms with E-state index in [0.29, 0.717) is 17.1 Å². The van der Waals surface area contributed by atoms with Crippen molar-refractivity contribution >= 4 is 23.2 Å². The van der Waals surface area contributed by atoms with Gasteiger partial charge in [-0.25, -0.2) is 0 Å². The SMILES string of the molecule is O=C(Nc1cccc(-c2nnco2)c1)c1ccoc1Cl. The minimum absolute atomic E-state index is 0.0514. The van der Waals surface area contributed by atoms with E-state index in [1.54, 1.807) is 24.3 Å². The molecule has 0 bridgehead atoms. The number of amides is 1. The van der Waals surface area contributed by atoms with Crippen LogP contribution in [-0.2, 0) is 0 Å². The van der Waals surface area contributed by atoms with Crippen LogP contribution in [0.15, 0.2) is 51.8 Å². The molecule has 1 aromatic carbocycles. The molecule has 0 atom stereocenters. The second-order valence-corrected chi connectivity index (χ2v) is 4.23. The van der Waals surface area contributed by atoms with Gasteiger partial charge in [-0.3, -0.25) is 4.79 Å². The summed E-state index contributed by atoms with van der Waals surface area (Å²) in [5.74, 6) is 0.0221. The van der Waals surface area contributed by atoms with Crippen molar-refractivity contribution in [2.24, 2.45) is 0 Å². The first kappa shape index (κ1) is 12.4. The van der Waals surface area contributed by atoms with Crippen molar-refractivity contribution in [1.29, 1.82) is 0 Å². The Bertz CT molecular complexity index is 737. The standard InChI is InChI=1S/C13H8ClN3O3/c14-11-10(4-5-19-11)12(18)16-9-3-1-2-8(6-9)13-17-15-7-20-13/h1-7H,(H,16,18). The maximum Gasteiger partial charge on any atom is 0.260 e. The normalized spacial score (nSPS) is 10.4. The molecule has 0 aliphatic rings. The third-order valence-corrected chi connectivity index (χ3v) is 2.88. The Morgan fingerprint density at radius 3 is 2.85 bits per heavy atom. The molecule has 7 heteroatoms. The fourth-order valence-corrected chi connectivity index (χ4v) is 1.88. The number of hydrogen-bond acceptors (Lipinski definition) is 5. The van der Waals surface area contributed by atoms with Crippen LogP contribution in [0.1, 0.15) is 10.4 Å². The Hall–Kier alpha value is -2.60. The number of halogens is 1. The van der Waals surface area contributed by atoms with Crippen LogP contribution in [0.5, 0.6) is 0 Å². The number of hydrogen-bond donors (Lipinski definition) is 1. The lowest BCUT2D eigenvalue weighted by Crippen LogP contribution is -2.11. The first-order valence-electron chi connectivity index (χ1n) is 5.65. The van der Waals surface area contributed by atoms with Crippen LogP contribution in [-0.4, -0.2) is 16.1 Å². The third-order valence-electron chi connectivity index (χ3n) is 2.59. The molecule has 2 heterocycles. The largest absolute Gasteiger partial charge is 0.452 e. The molecule has 100 valence electrons. The summed E-state index contributed by atoms with van der Waals surface area (Å²) in [6.45, 7) is 0. The smallest absolute Gasteiger partial charge is 0.260 e. The zero-order valence-corrected chi connectivity index (χ0v) is 10.8. The third kappa shape index (κ3) is 2.41. The lowest BCUT2D eigenvalue weighted by molar-refractivity contribution is 0.102. The fourth-order valence-electron chi connectivity index (χ4n) is 1.68. The van der Waals surface area contributed by atoms with Crippen LogP contribution >= 0.6 is 11.6 Å². The summed E-state index contributed by atoms with van der Waals surface area (Å²) in [5, 5.41) is 10.2. The lowest BCUT2D eigenvalue weighted by Gasteiger charge is -2.04. The van der Waals surface area contributed by atoms with E-state index in [2.05, 4.69) is 15.5 Å². The van der Waals surface area contributed by atoms with Gasteiger partial charge in [-0.15, -0.1) is 10.2 Å². The van der Waals surface area contributed by atoms with Crippen LogP contribution in [0.2, 0.25) is 5.22 Å². The maximum atomic E-state index is 12.0. The second-order valence-electron chi connectivity index (χ2n) is 3.89. The van der Waals surface area contributed by atoms with Crippen LogP contribution in [0.3, 0.4) is 0 Å². The summed E-state index contributed by atoms with van der Waals surface area (Å²) in [4.78, 5) is 12.0. The highest BCUT2D eigenvalue weighted by molar-refractivity contribution is 6.32. The Morgan fingerprint density at radius 2 is 2.15 bits per heavy atom. The summed E-state index contributed by atoms with van der Waals surface area (Å²) in [6, 6.07) is 8.53. The zero-order valence-electron chi connectivity index (χ0n) is 10.0. The second kappa shape index (κ2) is 5.18. The highest BCUT2D eigenvalue weighted by Gasteiger charge is 2.13. The number of furan rings is 1. The molecule has 2 aromatic heterocycles. The van der Waals surface area contributed by atoms with E-state index in [-0.39, 0.29) is 16.7 Å². The van der Waals surface area contributed by atoms with Gasteiger partial charge < -0.3 is 14.2 Å². The number of benzene rings is 1. The van der Waals surface area contributed by atoms with Crippen LogP contribution < -0.4 is 5.32 Å². The molecule has 0 spiro atoms. The molecule has 0 saturated heterocycles. The fraction of sp³-hybridized carbons (Fsp3) is 0. The quantitative estimate of drug-likeness (QED) is 0.800. The Morgan fingerprint density at radius 1 is 1.25 bits per heavy atom. The molecule has 1 N–H and O–H groups in total. The first-order valence-corrected chi connectivity index (χ1v) is 6.03. The predicted molar refractivity (Wildman–Crippen MR) is 71.4 cm³/mol. The van der Waals surface area contributed by atoms with Gasteiger partial charge in [-0.05, 0) is 35.9 Å². The van der Waals surface area contributed by atoms with Gasteiger partial charge in [0.2, 0.25) is 17.5 Å². The van der Waals surface area contributed by atoms with E-state index in [1.165, 1.54) is 18.7 Å². The molecule has 3 rings (SSSR count). The van der Waals surface area contributed by atoms with Crippen molar-refractivity contribution in [2.75, 3.05) is 5.32 Å². The zero-order chi connectivity index (χ0) is 13.9. The van der Waals surface area contributed by atoms with Crippen LogP contribution in [0, 0.1) is 0 Å². The molecule has 0 saturated carbocycles. The predicted octanol–water partition coefficient (Wildman–Crippen LogP) is 3.24. The molecule has 0 aliphatic heterocycles. The lowest BCUT2D eigenvalue weighted by atomic mass is 10.2. The van der Waals surface area contributed by atoms with E-state index in [9.17, 15) is 4.79 Å². The molecule has 0 radical (unpaired) electrons. The van der Waals surface area contributed by atoms with E-state index in [4.69, 9.17) is 20.4 Å². The molecular formula is C13H8ClN3O3. The van der Waals surface area contributed by atoms with Crippen molar-refractivity contribution in [1.82, 2.24) is 10.2 Å². The van der Waals surface area contributed by atoms with Crippen LogP contribution in [0.25, 0.3) is 11.5 Å². The summed E-state index contributed by atoms with van der Waals surface area (Å²) < 4.78 is 9.98. The summed E-state index contributed by atoms with van der Waals surface area (Å²) in [6.07, 6.45) is 2.60. The molecule has 0 fully saturated rings. The average Bonchev–Trinajstić information content (AvgIpc) is 3.09. The Balaban J connectivity index is 1.83. The summed E-state index contributed by atoms with van der Waals surface area (Å²) >= 11 is 5.75. The molecular weight excluding hydrogens is 282 g/mol. The number of rotatable bonds is 3. The molecule has 0 unspecified atom stereocenters. The monoisotopic (exact) mass is 289 g/mol. The molecule has 3 aromatic rings. The number of nitrogens with zero attached hydrogens (tertiary/aromatic N) is 2. The van der Waals surface area contributed by atoms with Crippen molar-refractivity contribution in [2.45, 2.75) is 0 Å². The van der Waals surface area contributed by atoms with E-state index in [0.717, 1.165) is 0 Å². The first-order chi connectivity index (χ1) is 9.74. The van der Waals surface area contributed by atoms with Gasteiger partial charge in [-0.1, -0.05) is 6.07 Å². The molecule has 20 heavy (non-hydrogen) atoms. The Labute approximate surface area is 118 Å². The van der Waals surface area contributed by atoms with Gasteiger partial charge in [0, 0.05) is 11.3 Å². The number of nitrogens with one attached hydrogen (secondary N) is 1. The van der Waals surface area contributed by atoms with Gasteiger partial charge in [0.05, 0.1) is 11.8 Å². The molecule has 1 amide bonds. The maximum absolute atomic E-state index is 12.0. The number of anilines is 1. The summed E-state index contributed by atoms with van der Waals surface area (Å²) in [5.41, 5.74) is 1.57. The van der Waals surface area contributed by atoms with Crippen LogP contribution in [0.4, 0.5) is 5.69 Å². The minimum Gasteiger partial charge on any atom is -0.452 e. The van der Waals surface area contributed by atoms with E-state index >= 15 is 0 Å². The van der Waals surface area contributed by atoms with Gasteiger partial charge in [-0.2, -0.15) is 0 Å². The molecule has 6 nitrogen and oxygen atoms in total. The van der Waals surface area contributed by atoms with Crippen molar-refractivity contribution in [3.05, 3.63) is 53.8 Å². The van der Waals surface area contributed by atoms with Gasteiger partial charge in [0.1, 0.15) is 0 Å². The minimum atomic E-state index is -0.355. The van der Waals surface area contributed by atoms with Gasteiger partial charge >= 0.3 is 0 Å².